The van der Waals surface area contributed by atoms with E-state index in [9.17, 15) is 4.39 Å². The maximum atomic E-state index is 13.3. The van der Waals surface area contributed by atoms with Gasteiger partial charge in [0.1, 0.15) is 11.2 Å². The molecular formula is C12H10FNO. The zero-order valence-corrected chi connectivity index (χ0v) is 8.29. The van der Waals surface area contributed by atoms with Gasteiger partial charge in [-0.2, -0.15) is 5.26 Å². The summed E-state index contributed by atoms with van der Waals surface area (Å²) < 4.78 is 13.3. The first-order valence-corrected chi connectivity index (χ1v) is 4.65. The van der Waals surface area contributed by atoms with Crippen molar-refractivity contribution in [2.45, 2.75) is 12.3 Å². The van der Waals surface area contributed by atoms with E-state index < -0.39 is 5.41 Å². The minimum Gasteiger partial charge on any atom is -0.392 e. The van der Waals surface area contributed by atoms with Gasteiger partial charge in [-0.25, -0.2) is 4.39 Å². The summed E-state index contributed by atoms with van der Waals surface area (Å²) in [5.74, 6) is -0.320. The second-order valence-corrected chi connectivity index (χ2v) is 3.71. The number of nitrogens with zero attached hydrogens (tertiary/aromatic N) is 1. The van der Waals surface area contributed by atoms with Crippen molar-refractivity contribution >= 4 is 0 Å². The van der Waals surface area contributed by atoms with Crippen LogP contribution < -0.4 is 0 Å². The summed E-state index contributed by atoms with van der Waals surface area (Å²) in [6, 6.07) is 6.82. The normalized spacial score (nSPS) is 23.2. The van der Waals surface area contributed by atoms with Crippen LogP contribution in [0.3, 0.4) is 0 Å². The standard InChI is InChI=1S/C12H10FNO/c1-8-2-3-9(4-11(8)13)12(7-14)5-10(12)6-15/h2-5,15H,6H2,1H3. The third kappa shape index (κ3) is 1.34. The molecule has 76 valence electrons. The Labute approximate surface area is 87.3 Å². The van der Waals surface area contributed by atoms with E-state index in [4.69, 9.17) is 10.4 Å². The molecule has 1 aliphatic rings. The molecule has 1 N–H and O–H groups in total. The van der Waals surface area contributed by atoms with Gasteiger partial charge in [0.25, 0.3) is 0 Å². The molecule has 0 spiro atoms. The van der Waals surface area contributed by atoms with Gasteiger partial charge in [-0.15, -0.1) is 0 Å². The number of allylic oxidation sites excluding steroid dienone is 1. The highest BCUT2D eigenvalue weighted by Crippen LogP contribution is 2.45. The monoisotopic (exact) mass is 203 g/mol. The molecule has 2 nitrogen and oxygen atoms in total. The van der Waals surface area contributed by atoms with Crippen LogP contribution in [-0.2, 0) is 5.41 Å². The molecule has 0 saturated heterocycles. The predicted octanol–water partition coefficient (Wildman–Crippen LogP) is 1.83. The van der Waals surface area contributed by atoms with Gasteiger partial charge in [-0.05, 0) is 29.7 Å². The first kappa shape index (κ1) is 9.88. The fourth-order valence-corrected chi connectivity index (χ4v) is 1.67. The first-order valence-electron chi connectivity index (χ1n) is 4.65. The summed E-state index contributed by atoms with van der Waals surface area (Å²) >= 11 is 0. The molecule has 1 aliphatic carbocycles. The van der Waals surface area contributed by atoms with Crippen LogP contribution in [0.5, 0.6) is 0 Å². The van der Waals surface area contributed by atoms with E-state index in [0.29, 0.717) is 16.7 Å². The van der Waals surface area contributed by atoms with Crippen molar-refractivity contribution in [1.29, 1.82) is 5.26 Å². The van der Waals surface area contributed by atoms with Crippen molar-refractivity contribution in [1.82, 2.24) is 0 Å². The van der Waals surface area contributed by atoms with Crippen molar-refractivity contribution in [2.75, 3.05) is 6.61 Å². The number of aryl methyl sites for hydroxylation is 1. The largest absolute Gasteiger partial charge is 0.392 e. The molecule has 0 amide bonds. The Hall–Kier alpha value is -1.66. The maximum absolute atomic E-state index is 13.3. The Morgan fingerprint density at radius 1 is 1.53 bits per heavy atom. The lowest BCUT2D eigenvalue weighted by molar-refractivity contribution is 0.331. The van der Waals surface area contributed by atoms with Crippen LogP contribution in [0.4, 0.5) is 4.39 Å². The van der Waals surface area contributed by atoms with Gasteiger partial charge in [0.15, 0.2) is 0 Å². The van der Waals surface area contributed by atoms with Crippen molar-refractivity contribution in [3.8, 4) is 6.07 Å². The fraction of sp³-hybridized carbons (Fsp3) is 0.250. The van der Waals surface area contributed by atoms with Gasteiger partial charge in [0.2, 0.25) is 0 Å². The minimum atomic E-state index is -0.858. The zero-order chi connectivity index (χ0) is 11.1. The lowest BCUT2D eigenvalue weighted by Crippen LogP contribution is -2.10. The van der Waals surface area contributed by atoms with Crippen LogP contribution in [0.15, 0.2) is 29.8 Å². The predicted molar refractivity (Wildman–Crippen MR) is 53.6 cm³/mol. The van der Waals surface area contributed by atoms with Crippen LogP contribution in [0.25, 0.3) is 0 Å². The number of halogens is 1. The highest BCUT2D eigenvalue weighted by Gasteiger charge is 2.45. The van der Waals surface area contributed by atoms with Gasteiger partial charge in [-0.1, -0.05) is 18.2 Å². The summed E-state index contributed by atoms with van der Waals surface area (Å²) in [4.78, 5) is 0. The average Bonchev–Trinajstić information content (AvgIpc) is 2.97. The van der Waals surface area contributed by atoms with Gasteiger partial charge < -0.3 is 5.11 Å². The quantitative estimate of drug-likeness (QED) is 0.745. The number of hydrogen-bond acceptors (Lipinski definition) is 2. The highest BCUT2D eigenvalue weighted by atomic mass is 19.1. The second-order valence-electron chi connectivity index (χ2n) is 3.71. The number of nitriles is 1. The van der Waals surface area contributed by atoms with Crippen molar-refractivity contribution in [3.63, 3.8) is 0 Å². The second kappa shape index (κ2) is 3.18. The van der Waals surface area contributed by atoms with E-state index in [1.54, 1.807) is 25.1 Å². The van der Waals surface area contributed by atoms with E-state index in [2.05, 4.69) is 6.07 Å². The molecule has 1 aromatic rings. The molecule has 0 fully saturated rings. The number of hydrogen-bond donors (Lipinski definition) is 1. The number of benzene rings is 1. The maximum Gasteiger partial charge on any atom is 0.126 e. The molecule has 15 heavy (non-hydrogen) atoms. The van der Waals surface area contributed by atoms with Crippen molar-refractivity contribution in [2.24, 2.45) is 0 Å². The molecule has 1 unspecified atom stereocenters. The summed E-state index contributed by atoms with van der Waals surface area (Å²) in [6.07, 6.45) is 1.66. The van der Waals surface area contributed by atoms with Gasteiger partial charge in [0.05, 0.1) is 12.7 Å². The molecular weight excluding hydrogens is 193 g/mol. The lowest BCUT2D eigenvalue weighted by atomic mass is 9.91. The van der Waals surface area contributed by atoms with E-state index in [1.807, 2.05) is 0 Å². The molecule has 3 heteroatoms. The smallest absolute Gasteiger partial charge is 0.126 e. The topological polar surface area (TPSA) is 44.0 Å². The number of rotatable bonds is 2. The zero-order valence-electron chi connectivity index (χ0n) is 8.29. The lowest BCUT2D eigenvalue weighted by Gasteiger charge is -2.10. The Balaban J connectivity index is 2.40. The number of aliphatic hydroxyl groups excluding tert-OH is 1. The van der Waals surface area contributed by atoms with Crippen molar-refractivity contribution in [3.05, 3.63) is 46.8 Å². The summed E-state index contributed by atoms with van der Waals surface area (Å²) in [5.41, 5.74) is 0.937. The molecule has 0 bridgehead atoms. The molecule has 0 saturated carbocycles. The molecule has 0 aromatic heterocycles. The number of aliphatic hydroxyl groups is 1. The van der Waals surface area contributed by atoms with Crippen LogP contribution in [0, 0.1) is 24.1 Å². The van der Waals surface area contributed by atoms with Crippen LogP contribution >= 0.6 is 0 Å². The fourth-order valence-electron chi connectivity index (χ4n) is 1.67. The summed E-state index contributed by atoms with van der Waals surface area (Å²) in [7, 11) is 0. The third-order valence-corrected chi connectivity index (χ3v) is 2.79. The summed E-state index contributed by atoms with van der Waals surface area (Å²) in [5, 5.41) is 18.0. The van der Waals surface area contributed by atoms with E-state index in [1.165, 1.54) is 6.07 Å². The minimum absolute atomic E-state index is 0.150. The molecule has 0 aliphatic heterocycles. The molecule has 1 atom stereocenters. The molecule has 2 rings (SSSR count). The van der Waals surface area contributed by atoms with E-state index in [-0.39, 0.29) is 12.4 Å². The Morgan fingerprint density at radius 3 is 2.73 bits per heavy atom. The Morgan fingerprint density at radius 2 is 2.27 bits per heavy atom. The Kier molecular flexibility index (Phi) is 2.09. The van der Waals surface area contributed by atoms with Crippen molar-refractivity contribution < 1.29 is 9.50 Å². The van der Waals surface area contributed by atoms with Gasteiger partial charge >= 0.3 is 0 Å². The third-order valence-electron chi connectivity index (χ3n) is 2.79. The summed E-state index contributed by atoms with van der Waals surface area (Å²) in [6.45, 7) is 1.52. The van der Waals surface area contributed by atoms with E-state index in [0.717, 1.165) is 0 Å². The molecule has 0 heterocycles. The SMILES string of the molecule is Cc1ccc(C2(C#N)C=C2CO)cc1F. The molecule has 0 radical (unpaired) electrons. The average molecular weight is 203 g/mol. The van der Waals surface area contributed by atoms with Crippen LogP contribution in [0.1, 0.15) is 11.1 Å². The van der Waals surface area contributed by atoms with E-state index >= 15 is 0 Å². The van der Waals surface area contributed by atoms with Gasteiger partial charge in [-0.3, -0.25) is 0 Å². The first-order chi connectivity index (χ1) is 7.14. The highest BCUT2D eigenvalue weighted by molar-refractivity contribution is 5.61. The van der Waals surface area contributed by atoms with Crippen LogP contribution in [-0.4, -0.2) is 11.7 Å². The van der Waals surface area contributed by atoms with Crippen LogP contribution in [0.2, 0.25) is 0 Å². The van der Waals surface area contributed by atoms with Gasteiger partial charge in [0, 0.05) is 0 Å². The molecule has 1 aromatic carbocycles. The Bertz CT molecular complexity index is 487.